The predicted octanol–water partition coefficient (Wildman–Crippen LogP) is 0.630. The van der Waals surface area contributed by atoms with Gasteiger partial charge in [-0.25, -0.2) is 0 Å². The van der Waals surface area contributed by atoms with Crippen molar-refractivity contribution in [3.05, 3.63) is 33.7 Å². The standard InChI is InChI=1S/C16H26N2O4/c1-12(2)4-6-17-7-5-13(3)14(15(17)21)16(22)18(8-10-19)9-11-20/h5,7,12,19-20H,4,6,8-11H2,1-3H3. The molecule has 2 N–H and O–H groups in total. The molecule has 0 radical (unpaired) electrons. The van der Waals surface area contributed by atoms with Crippen molar-refractivity contribution in [2.45, 2.75) is 33.7 Å². The molecular weight excluding hydrogens is 284 g/mol. The predicted molar refractivity (Wildman–Crippen MR) is 85.0 cm³/mol. The van der Waals surface area contributed by atoms with Crippen molar-refractivity contribution in [3.8, 4) is 0 Å². The summed E-state index contributed by atoms with van der Waals surface area (Å²) in [4.78, 5) is 26.4. The highest BCUT2D eigenvalue weighted by Crippen LogP contribution is 2.08. The van der Waals surface area contributed by atoms with Crippen molar-refractivity contribution >= 4 is 5.91 Å². The van der Waals surface area contributed by atoms with Crippen LogP contribution in [0.2, 0.25) is 0 Å². The van der Waals surface area contributed by atoms with Gasteiger partial charge in [0.2, 0.25) is 0 Å². The Morgan fingerprint density at radius 3 is 2.36 bits per heavy atom. The number of aliphatic hydroxyl groups is 2. The third-order valence-corrected chi connectivity index (χ3v) is 3.56. The van der Waals surface area contributed by atoms with Crippen molar-refractivity contribution in [2.24, 2.45) is 5.92 Å². The number of hydrogen-bond acceptors (Lipinski definition) is 4. The molecule has 1 aromatic heterocycles. The molecule has 6 heteroatoms. The largest absolute Gasteiger partial charge is 0.395 e. The molecule has 0 saturated heterocycles. The molecule has 6 nitrogen and oxygen atoms in total. The van der Waals surface area contributed by atoms with Crippen molar-refractivity contribution in [1.82, 2.24) is 9.47 Å². The van der Waals surface area contributed by atoms with E-state index in [0.29, 0.717) is 18.0 Å². The topological polar surface area (TPSA) is 82.8 Å². The maximum atomic E-state index is 12.5. The molecular formula is C16H26N2O4. The van der Waals surface area contributed by atoms with E-state index in [9.17, 15) is 9.59 Å². The van der Waals surface area contributed by atoms with Crippen LogP contribution in [-0.4, -0.2) is 51.9 Å². The van der Waals surface area contributed by atoms with Gasteiger partial charge in [0.1, 0.15) is 5.56 Å². The number of hydrogen-bond donors (Lipinski definition) is 2. The summed E-state index contributed by atoms with van der Waals surface area (Å²) in [6.07, 6.45) is 2.56. The van der Waals surface area contributed by atoms with Gasteiger partial charge < -0.3 is 19.7 Å². The molecule has 0 aromatic carbocycles. The van der Waals surface area contributed by atoms with Crippen LogP contribution in [0.4, 0.5) is 0 Å². The van der Waals surface area contributed by atoms with E-state index in [0.717, 1.165) is 6.42 Å². The summed E-state index contributed by atoms with van der Waals surface area (Å²) in [5.74, 6) is 0.0251. The molecule has 1 rings (SSSR count). The summed E-state index contributed by atoms with van der Waals surface area (Å²) in [5.41, 5.74) is 0.413. The van der Waals surface area contributed by atoms with Crippen LogP contribution in [0, 0.1) is 12.8 Å². The quantitative estimate of drug-likeness (QED) is 0.738. The fourth-order valence-corrected chi connectivity index (χ4v) is 2.21. The average Bonchev–Trinajstić information content (AvgIpc) is 2.46. The summed E-state index contributed by atoms with van der Waals surface area (Å²) in [5, 5.41) is 18.1. The van der Waals surface area contributed by atoms with E-state index >= 15 is 0 Å². The molecule has 1 aromatic rings. The van der Waals surface area contributed by atoms with Crippen LogP contribution in [0.15, 0.2) is 17.1 Å². The van der Waals surface area contributed by atoms with E-state index < -0.39 is 5.91 Å². The number of aryl methyl sites for hydroxylation is 2. The number of aliphatic hydroxyl groups excluding tert-OH is 2. The molecule has 0 saturated carbocycles. The minimum Gasteiger partial charge on any atom is -0.395 e. The number of amides is 1. The van der Waals surface area contributed by atoms with Gasteiger partial charge in [-0.3, -0.25) is 9.59 Å². The molecule has 22 heavy (non-hydrogen) atoms. The van der Waals surface area contributed by atoms with E-state index in [1.165, 1.54) is 4.90 Å². The Morgan fingerprint density at radius 2 is 1.86 bits per heavy atom. The fraction of sp³-hybridized carbons (Fsp3) is 0.625. The highest BCUT2D eigenvalue weighted by molar-refractivity contribution is 5.95. The maximum Gasteiger partial charge on any atom is 0.263 e. The smallest absolute Gasteiger partial charge is 0.263 e. The van der Waals surface area contributed by atoms with E-state index in [2.05, 4.69) is 13.8 Å². The molecule has 0 aliphatic carbocycles. The Morgan fingerprint density at radius 1 is 1.27 bits per heavy atom. The number of aromatic nitrogens is 1. The first-order chi connectivity index (χ1) is 10.4. The van der Waals surface area contributed by atoms with Crippen LogP contribution in [0.3, 0.4) is 0 Å². The lowest BCUT2D eigenvalue weighted by Crippen LogP contribution is -2.40. The fourth-order valence-electron chi connectivity index (χ4n) is 2.21. The third-order valence-electron chi connectivity index (χ3n) is 3.56. The van der Waals surface area contributed by atoms with Gasteiger partial charge in [0.15, 0.2) is 0 Å². The minimum atomic E-state index is -0.440. The molecule has 1 amide bonds. The zero-order valence-electron chi connectivity index (χ0n) is 13.6. The molecule has 0 spiro atoms. The SMILES string of the molecule is Cc1ccn(CCC(C)C)c(=O)c1C(=O)N(CCO)CCO. The lowest BCUT2D eigenvalue weighted by Gasteiger charge is -2.21. The molecule has 0 aliphatic heterocycles. The van der Waals surface area contributed by atoms with E-state index in [1.807, 2.05) is 0 Å². The van der Waals surface area contributed by atoms with Gasteiger partial charge in [-0.15, -0.1) is 0 Å². The van der Waals surface area contributed by atoms with Crippen LogP contribution >= 0.6 is 0 Å². The summed E-state index contributed by atoms with van der Waals surface area (Å²) in [6.45, 7) is 6.22. The zero-order chi connectivity index (χ0) is 16.7. The van der Waals surface area contributed by atoms with Gasteiger partial charge in [0.05, 0.1) is 13.2 Å². The molecule has 0 atom stereocenters. The second-order valence-corrected chi connectivity index (χ2v) is 5.79. The van der Waals surface area contributed by atoms with Crippen LogP contribution < -0.4 is 5.56 Å². The highest BCUT2D eigenvalue weighted by Gasteiger charge is 2.21. The Hall–Kier alpha value is -1.66. The second-order valence-electron chi connectivity index (χ2n) is 5.79. The minimum absolute atomic E-state index is 0.0964. The lowest BCUT2D eigenvalue weighted by molar-refractivity contribution is 0.0681. The zero-order valence-corrected chi connectivity index (χ0v) is 13.6. The van der Waals surface area contributed by atoms with Crippen LogP contribution in [0.1, 0.15) is 36.2 Å². The van der Waals surface area contributed by atoms with E-state index in [1.54, 1.807) is 23.8 Å². The summed E-state index contributed by atoms with van der Waals surface area (Å²) in [6, 6.07) is 1.75. The molecule has 124 valence electrons. The molecule has 0 bridgehead atoms. The summed E-state index contributed by atoms with van der Waals surface area (Å²) < 4.78 is 1.55. The van der Waals surface area contributed by atoms with E-state index in [4.69, 9.17) is 10.2 Å². The molecule has 0 fully saturated rings. The number of carbonyl (C=O) groups is 1. The second kappa shape index (κ2) is 8.70. The first-order valence-electron chi connectivity index (χ1n) is 7.63. The highest BCUT2D eigenvalue weighted by atomic mass is 16.3. The van der Waals surface area contributed by atoms with Crippen molar-refractivity contribution < 1.29 is 15.0 Å². The van der Waals surface area contributed by atoms with Gasteiger partial charge in [-0.05, 0) is 30.9 Å². The van der Waals surface area contributed by atoms with Gasteiger partial charge in [-0.1, -0.05) is 13.8 Å². The van der Waals surface area contributed by atoms with Crippen molar-refractivity contribution in [2.75, 3.05) is 26.3 Å². The van der Waals surface area contributed by atoms with Gasteiger partial charge in [0, 0.05) is 25.8 Å². The Bertz CT molecular complexity index is 546. The third kappa shape index (κ3) is 4.68. The van der Waals surface area contributed by atoms with Crippen LogP contribution in [0.5, 0.6) is 0 Å². The number of rotatable bonds is 8. The number of nitrogens with zero attached hydrogens (tertiary/aromatic N) is 2. The first-order valence-corrected chi connectivity index (χ1v) is 7.63. The van der Waals surface area contributed by atoms with Crippen LogP contribution in [-0.2, 0) is 6.54 Å². The van der Waals surface area contributed by atoms with Crippen molar-refractivity contribution in [3.63, 3.8) is 0 Å². The molecule has 1 heterocycles. The van der Waals surface area contributed by atoms with E-state index in [-0.39, 0.29) is 37.4 Å². The van der Waals surface area contributed by atoms with Crippen molar-refractivity contribution in [1.29, 1.82) is 0 Å². The number of pyridine rings is 1. The van der Waals surface area contributed by atoms with Gasteiger partial charge in [-0.2, -0.15) is 0 Å². The Balaban J connectivity index is 3.13. The molecule has 0 unspecified atom stereocenters. The van der Waals surface area contributed by atoms with Crippen LogP contribution in [0.25, 0.3) is 0 Å². The Labute approximate surface area is 131 Å². The van der Waals surface area contributed by atoms with Gasteiger partial charge in [0.25, 0.3) is 11.5 Å². The summed E-state index contributed by atoms with van der Waals surface area (Å²) >= 11 is 0. The normalized spacial score (nSPS) is 11.0. The lowest BCUT2D eigenvalue weighted by atomic mass is 10.1. The monoisotopic (exact) mass is 310 g/mol. The summed E-state index contributed by atoms with van der Waals surface area (Å²) in [7, 11) is 0. The first kappa shape index (κ1) is 18.4. The maximum absolute atomic E-state index is 12.5. The van der Waals surface area contributed by atoms with Gasteiger partial charge >= 0.3 is 0 Å². The average molecular weight is 310 g/mol. The molecule has 0 aliphatic rings. The Kier molecular flexibility index (Phi) is 7.27. The number of carbonyl (C=O) groups excluding carboxylic acids is 1.